The maximum absolute atomic E-state index is 12.5. The van der Waals surface area contributed by atoms with Gasteiger partial charge in [-0.3, -0.25) is 0 Å². The van der Waals surface area contributed by atoms with E-state index in [2.05, 4.69) is 19.2 Å². The number of rotatable bonds is 6. The smallest absolute Gasteiger partial charge is 0.380 e. The van der Waals surface area contributed by atoms with Crippen molar-refractivity contribution in [1.29, 1.82) is 0 Å². The van der Waals surface area contributed by atoms with Crippen LogP contribution in [0.15, 0.2) is 24.3 Å². The van der Waals surface area contributed by atoms with Crippen molar-refractivity contribution in [2.24, 2.45) is 5.92 Å². The molecule has 0 aliphatic carbocycles. The summed E-state index contributed by atoms with van der Waals surface area (Å²) < 4.78 is 43.0. The van der Waals surface area contributed by atoms with Crippen LogP contribution < -0.4 is 5.32 Å². The Morgan fingerprint density at radius 2 is 1.70 bits per heavy atom. The molecule has 114 valence electrons. The Morgan fingerprint density at radius 3 is 2.05 bits per heavy atom. The van der Waals surface area contributed by atoms with E-state index in [1.807, 2.05) is 7.05 Å². The van der Waals surface area contributed by atoms with Crippen molar-refractivity contribution in [3.63, 3.8) is 0 Å². The average molecular weight is 289 g/mol. The van der Waals surface area contributed by atoms with Crippen molar-refractivity contribution in [3.05, 3.63) is 35.4 Å². The lowest BCUT2D eigenvalue weighted by molar-refractivity contribution is -0.137. The first kappa shape index (κ1) is 17.0. The van der Waals surface area contributed by atoms with E-state index < -0.39 is 11.7 Å². The Labute approximate surface area is 118 Å². The van der Waals surface area contributed by atoms with Crippen LogP contribution in [-0.2, 0) is 17.3 Å². The second kappa shape index (κ2) is 7.09. The number of hydrogen-bond donors (Lipinski definition) is 1. The molecule has 0 aromatic heterocycles. The van der Waals surface area contributed by atoms with Crippen LogP contribution in [0.2, 0.25) is 0 Å². The molecule has 0 aliphatic heterocycles. The third-order valence-corrected chi connectivity index (χ3v) is 3.43. The highest BCUT2D eigenvalue weighted by Gasteiger charge is 2.30. The quantitative estimate of drug-likeness (QED) is 0.865. The first-order valence-corrected chi connectivity index (χ1v) is 6.65. The van der Waals surface area contributed by atoms with E-state index in [4.69, 9.17) is 4.74 Å². The summed E-state index contributed by atoms with van der Waals surface area (Å²) in [6.07, 6.45) is -3.64. The summed E-state index contributed by atoms with van der Waals surface area (Å²) in [5.41, 5.74) is 0.245. The normalized spacial score (nSPS) is 15.4. The summed E-state index contributed by atoms with van der Waals surface area (Å²) in [4.78, 5) is 0. The highest BCUT2D eigenvalue weighted by molar-refractivity contribution is 5.25. The van der Waals surface area contributed by atoms with Crippen LogP contribution in [0.4, 0.5) is 13.2 Å². The number of hydrogen-bond acceptors (Lipinski definition) is 2. The zero-order valence-electron chi connectivity index (χ0n) is 12.3. The Balaban J connectivity index is 2.80. The fourth-order valence-corrected chi connectivity index (χ4v) is 2.37. The largest absolute Gasteiger partial charge is 0.416 e. The summed E-state index contributed by atoms with van der Waals surface area (Å²) in [5, 5.41) is 3.18. The van der Waals surface area contributed by atoms with Crippen molar-refractivity contribution in [3.8, 4) is 0 Å². The number of likely N-dealkylation sites (N-methyl/N-ethyl adjacent to an activating group) is 1. The van der Waals surface area contributed by atoms with E-state index >= 15 is 0 Å². The van der Waals surface area contributed by atoms with Crippen LogP contribution in [0.1, 0.15) is 25.0 Å². The Kier molecular flexibility index (Phi) is 6.02. The monoisotopic (exact) mass is 289 g/mol. The number of alkyl halides is 3. The fraction of sp³-hybridized carbons (Fsp3) is 0.600. The molecule has 0 amide bonds. The Hall–Kier alpha value is -1.07. The molecule has 0 radical (unpaired) electrons. The second-order valence-electron chi connectivity index (χ2n) is 5.24. The molecular weight excluding hydrogens is 267 g/mol. The van der Waals surface area contributed by atoms with E-state index in [0.29, 0.717) is 12.3 Å². The predicted molar refractivity (Wildman–Crippen MR) is 73.6 cm³/mol. The number of ether oxygens (including phenoxy) is 1. The zero-order valence-corrected chi connectivity index (χ0v) is 12.3. The molecule has 1 rings (SSSR count). The molecule has 0 heterocycles. The molecule has 2 nitrogen and oxygen atoms in total. The van der Waals surface area contributed by atoms with E-state index in [-0.39, 0.29) is 12.1 Å². The van der Waals surface area contributed by atoms with Gasteiger partial charge in [-0.1, -0.05) is 26.0 Å². The van der Waals surface area contributed by atoms with Gasteiger partial charge in [-0.25, -0.2) is 0 Å². The summed E-state index contributed by atoms with van der Waals surface area (Å²) >= 11 is 0. The first-order chi connectivity index (χ1) is 9.29. The maximum atomic E-state index is 12.5. The molecule has 0 saturated heterocycles. The Morgan fingerprint density at radius 1 is 1.15 bits per heavy atom. The maximum Gasteiger partial charge on any atom is 0.416 e. The highest BCUT2D eigenvalue weighted by atomic mass is 19.4. The second-order valence-corrected chi connectivity index (χ2v) is 5.24. The Bertz CT molecular complexity index is 401. The van der Waals surface area contributed by atoms with Crippen molar-refractivity contribution < 1.29 is 17.9 Å². The van der Waals surface area contributed by atoms with Gasteiger partial charge < -0.3 is 10.1 Å². The highest BCUT2D eigenvalue weighted by Crippen LogP contribution is 2.29. The van der Waals surface area contributed by atoms with E-state index in [9.17, 15) is 13.2 Å². The topological polar surface area (TPSA) is 21.3 Å². The van der Waals surface area contributed by atoms with Gasteiger partial charge in [0.2, 0.25) is 0 Å². The number of nitrogens with one attached hydrogen (secondary N) is 1. The minimum Gasteiger partial charge on any atom is -0.380 e. The molecule has 1 N–H and O–H groups in total. The van der Waals surface area contributed by atoms with Crippen LogP contribution in [0, 0.1) is 5.92 Å². The van der Waals surface area contributed by atoms with Crippen LogP contribution >= 0.6 is 0 Å². The van der Waals surface area contributed by atoms with Crippen LogP contribution in [0.3, 0.4) is 0 Å². The molecular formula is C15H22F3NO. The number of benzene rings is 1. The summed E-state index contributed by atoms with van der Waals surface area (Å²) in [5.74, 6) is 0.326. The predicted octanol–water partition coefficient (Wildman–Crippen LogP) is 3.51. The zero-order chi connectivity index (χ0) is 15.3. The lowest BCUT2D eigenvalue weighted by atomic mass is 9.93. The van der Waals surface area contributed by atoms with Crippen molar-refractivity contribution >= 4 is 0 Å². The molecule has 0 bridgehead atoms. The molecule has 2 unspecified atom stereocenters. The van der Waals surface area contributed by atoms with Gasteiger partial charge in [-0.05, 0) is 37.1 Å². The minimum atomic E-state index is -4.28. The molecule has 0 aliphatic rings. The molecule has 0 saturated carbocycles. The van der Waals surface area contributed by atoms with Gasteiger partial charge in [0, 0.05) is 13.2 Å². The molecule has 5 heteroatoms. The minimum absolute atomic E-state index is 0.0160. The average Bonchev–Trinajstić information content (AvgIpc) is 2.37. The van der Waals surface area contributed by atoms with Crippen molar-refractivity contribution in [1.82, 2.24) is 5.32 Å². The molecule has 1 aromatic rings. The fourth-order valence-electron chi connectivity index (χ4n) is 2.37. The van der Waals surface area contributed by atoms with Gasteiger partial charge >= 0.3 is 6.18 Å². The van der Waals surface area contributed by atoms with Crippen molar-refractivity contribution in [2.75, 3.05) is 14.2 Å². The first-order valence-electron chi connectivity index (χ1n) is 6.65. The molecule has 0 spiro atoms. The molecule has 1 aromatic carbocycles. The van der Waals surface area contributed by atoms with E-state index in [1.165, 1.54) is 12.1 Å². The standard InChI is InChI=1S/C15H22F3NO/c1-10(2)14(20-4)13(19-3)9-11-5-7-12(8-6-11)15(16,17)18/h5-8,10,13-14,19H,9H2,1-4H3. The van der Waals surface area contributed by atoms with Gasteiger partial charge in [-0.15, -0.1) is 0 Å². The van der Waals surface area contributed by atoms with E-state index in [1.54, 1.807) is 7.11 Å². The lowest BCUT2D eigenvalue weighted by Gasteiger charge is -2.29. The van der Waals surface area contributed by atoms with Crippen LogP contribution in [-0.4, -0.2) is 26.3 Å². The van der Waals surface area contributed by atoms with Gasteiger partial charge in [0.1, 0.15) is 0 Å². The van der Waals surface area contributed by atoms with Gasteiger partial charge in [0.25, 0.3) is 0 Å². The van der Waals surface area contributed by atoms with Gasteiger partial charge in [0.15, 0.2) is 0 Å². The van der Waals surface area contributed by atoms with E-state index in [0.717, 1.165) is 17.7 Å². The van der Waals surface area contributed by atoms with Crippen LogP contribution in [0.5, 0.6) is 0 Å². The summed E-state index contributed by atoms with van der Waals surface area (Å²) in [6.45, 7) is 4.12. The third kappa shape index (κ3) is 4.49. The molecule has 0 fully saturated rings. The molecule has 2 atom stereocenters. The van der Waals surface area contributed by atoms with Crippen molar-refractivity contribution in [2.45, 2.75) is 38.6 Å². The third-order valence-electron chi connectivity index (χ3n) is 3.43. The van der Waals surface area contributed by atoms with Crippen LogP contribution in [0.25, 0.3) is 0 Å². The van der Waals surface area contributed by atoms with Gasteiger partial charge in [0.05, 0.1) is 11.7 Å². The SMILES string of the molecule is CNC(Cc1ccc(C(F)(F)F)cc1)C(OC)C(C)C. The number of methoxy groups -OCH3 is 1. The summed E-state index contributed by atoms with van der Waals surface area (Å²) in [6, 6.07) is 5.37. The molecule has 20 heavy (non-hydrogen) atoms. The summed E-state index contributed by atoms with van der Waals surface area (Å²) in [7, 11) is 3.49. The van der Waals surface area contributed by atoms with Gasteiger partial charge in [-0.2, -0.15) is 13.2 Å². The lowest BCUT2D eigenvalue weighted by Crippen LogP contribution is -2.43. The number of halogens is 3.